The predicted octanol–water partition coefficient (Wildman–Crippen LogP) is 15.3. The maximum atomic E-state index is 6.63. The minimum absolute atomic E-state index is 0.309. The summed E-state index contributed by atoms with van der Waals surface area (Å²) in [4.78, 5) is 15.5. The van der Waals surface area contributed by atoms with Crippen molar-refractivity contribution in [3.63, 3.8) is 0 Å². The Labute approximate surface area is 368 Å². The van der Waals surface area contributed by atoms with Crippen LogP contribution in [0, 0.1) is 5.92 Å². The summed E-state index contributed by atoms with van der Waals surface area (Å²) in [5.41, 5.74) is 12.9. The fraction of sp³-hybridized carbons (Fsp3) is 0.0517. The molecule has 4 heterocycles. The van der Waals surface area contributed by atoms with Crippen molar-refractivity contribution in [2.45, 2.75) is 12.8 Å². The van der Waals surface area contributed by atoms with Gasteiger partial charge in [0.15, 0.2) is 17.5 Å². The van der Waals surface area contributed by atoms with Gasteiger partial charge in [0.2, 0.25) is 0 Å². The Morgan fingerprint density at radius 1 is 0.422 bits per heavy atom. The van der Waals surface area contributed by atoms with Crippen molar-refractivity contribution in [3.05, 3.63) is 206 Å². The van der Waals surface area contributed by atoms with E-state index in [4.69, 9.17) is 23.8 Å². The van der Waals surface area contributed by atoms with E-state index in [0.29, 0.717) is 29.3 Å². The van der Waals surface area contributed by atoms with Gasteiger partial charge >= 0.3 is 0 Å². The second-order valence-corrected chi connectivity index (χ2v) is 16.8. The molecule has 0 aliphatic heterocycles. The van der Waals surface area contributed by atoms with Crippen LogP contribution in [0.4, 0.5) is 0 Å². The number of rotatable bonds is 6. The lowest BCUT2D eigenvalue weighted by Crippen LogP contribution is -2.07. The largest absolute Gasteiger partial charge is 0.456 e. The molecule has 0 spiro atoms. The molecular formula is C58H38N4O2. The van der Waals surface area contributed by atoms with Crippen molar-refractivity contribution in [2.24, 2.45) is 5.92 Å². The second kappa shape index (κ2) is 14.4. The molecule has 0 amide bonds. The van der Waals surface area contributed by atoms with Crippen molar-refractivity contribution in [1.82, 2.24) is 19.5 Å². The highest BCUT2D eigenvalue weighted by molar-refractivity contribution is 6.14. The van der Waals surface area contributed by atoms with E-state index >= 15 is 0 Å². The molecule has 64 heavy (non-hydrogen) atoms. The maximum absolute atomic E-state index is 6.63. The van der Waals surface area contributed by atoms with Crippen LogP contribution in [0.25, 0.3) is 117 Å². The highest BCUT2D eigenvalue weighted by atomic mass is 16.3. The van der Waals surface area contributed by atoms with E-state index in [1.807, 2.05) is 72.8 Å². The molecule has 1 aliphatic rings. The number of nitrogens with zero attached hydrogens (tertiary/aromatic N) is 4. The van der Waals surface area contributed by atoms with Crippen LogP contribution < -0.4 is 0 Å². The molecule has 6 nitrogen and oxygen atoms in total. The number of para-hydroxylation sites is 1. The molecule has 8 aromatic carbocycles. The molecular weight excluding hydrogens is 785 g/mol. The van der Waals surface area contributed by atoms with Gasteiger partial charge in [-0.25, -0.2) is 15.0 Å². The van der Waals surface area contributed by atoms with E-state index in [2.05, 4.69) is 139 Å². The first-order valence-corrected chi connectivity index (χ1v) is 21.8. The number of fused-ring (bicyclic) bond motifs is 9. The first-order valence-electron chi connectivity index (χ1n) is 21.8. The van der Waals surface area contributed by atoms with Gasteiger partial charge in [0, 0.05) is 60.6 Å². The van der Waals surface area contributed by atoms with Gasteiger partial charge in [0.05, 0.1) is 11.0 Å². The van der Waals surface area contributed by atoms with Crippen molar-refractivity contribution in [1.29, 1.82) is 0 Å². The third kappa shape index (κ3) is 5.83. The van der Waals surface area contributed by atoms with Crippen LogP contribution in [0.5, 0.6) is 0 Å². The Balaban J connectivity index is 1.01. The Hall–Kier alpha value is -8.35. The van der Waals surface area contributed by atoms with Gasteiger partial charge in [0.25, 0.3) is 0 Å². The van der Waals surface area contributed by atoms with E-state index in [1.165, 1.54) is 27.5 Å². The van der Waals surface area contributed by atoms with Crippen LogP contribution in [-0.4, -0.2) is 19.5 Å². The minimum Gasteiger partial charge on any atom is -0.456 e. The zero-order valence-corrected chi connectivity index (χ0v) is 34.8. The van der Waals surface area contributed by atoms with E-state index in [1.54, 1.807) is 0 Å². The highest BCUT2D eigenvalue weighted by Gasteiger charge is 2.22. The third-order valence-corrected chi connectivity index (χ3v) is 13.0. The normalized spacial score (nSPS) is 15.1. The highest BCUT2D eigenvalue weighted by Crippen LogP contribution is 2.42. The summed E-state index contributed by atoms with van der Waals surface area (Å²) < 4.78 is 15.2. The van der Waals surface area contributed by atoms with E-state index in [0.717, 1.165) is 77.3 Å². The summed E-state index contributed by atoms with van der Waals surface area (Å²) in [5, 5.41) is 6.45. The fourth-order valence-electron chi connectivity index (χ4n) is 9.82. The monoisotopic (exact) mass is 822 g/mol. The molecule has 4 aromatic heterocycles. The summed E-state index contributed by atoms with van der Waals surface area (Å²) in [6, 6.07) is 61.6. The minimum atomic E-state index is 0.309. The molecule has 0 bridgehead atoms. The Kier molecular flexibility index (Phi) is 8.15. The molecule has 0 N–H and O–H groups in total. The number of hydrogen-bond acceptors (Lipinski definition) is 5. The average molecular weight is 823 g/mol. The number of hydrogen-bond donors (Lipinski definition) is 0. The summed E-state index contributed by atoms with van der Waals surface area (Å²) in [6.45, 7) is 2.30. The van der Waals surface area contributed by atoms with Gasteiger partial charge in [-0.15, -0.1) is 0 Å². The zero-order valence-electron chi connectivity index (χ0n) is 34.8. The van der Waals surface area contributed by atoms with Gasteiger partial charge in [-0.1, -0.05) is 134 Å². The standard InChI is InChI=1S/C58H38N4O2/c1-35-13-8-9-18-42(35)39-24-28-50-46(32-39)45-31-38(36-14-4-2-5-15-36)23-27-49(45)62(50)41-26-30-53-48(34-41)55-44(20-12-22-54(55)64-53)58-60-56(37-16-6-3-7-17-37)59-57(61-58)40-25-29-52-47(33-40)43-19-10-11-21-51(43)63-52/h2-35,42H,1H3. The zero-order chi connectivity index (χ0) is 42.3. The summed E-state index contributed by atoms with van der Waals surface area (Å²) in [5.74, 6) is 2.46. The van der Waals surface area contributed by atoms with Crippen molar-refractivity contribution >= 4 is 65.7 Å². The average Bonchev–Trinajstić information content (AvgIpc) is 4.03. The van der Waals surface area contributed by atoms with Crippen molar-refractivity contribution in [2.75, 3.05) is 0 Å². The SMILES string of the molecule is CC1C=CC=CC1c1ccc2c(c1)c1cc(-c3ccccc3)ccc1n2-c1ccc2oc3cccc(-c4nc(-c5ccccc5)nc(-c5ccc6oc7ccccc7c6c5)n4)c3c2c1. The maximum Gasteiger partial charge on any atom is 0.164 e. The van der Waals surface area contributed by atoms with E-state index in [9.17, 15) is 0 Å². The second-order valence-electron chi connectivity index (χ2n) is 16.8. The molecule has 1 aliphatic carbocycles. The van der Waals surface area contributed by atoms with Crippen LogP contribution in [-0.2, 0) is 0 Å². The van der Waals surface area contributed by atoms with Crippen LogP contribution >= 0.6 is 0 Å². The van der Waals surface area contributed by atoms with Gasteiger partial charge < -0.3 is 13.4 Å². The fourth-order valence-corrected chi connectivity index (χ4v) is 9.82. The molecule has 2 atom stereocenters. The lowest BCUT2D eigenvalue weighted by Gasteiger charge is -2.21. The molecule has 12 aromatic rings. The molecule has 302 valence electrons. The quantitative estimate of drug-likeness (QED) is 0.167. The molecule has 13 rings (SSSR count). The number of furan rings is 2. The topological polar surface area (TPSA) is 69.9 Å². The molecule has 2 unspecified atom stereocenters. The van der Waals surface area contributed by atoms with Crippen LogP contribution in [0.3, 0.4) is 0 Å². The first-order chi connectivity index (χ1) is 31.6. The number of benzene rings is 8. The summed E-state index contributed by atoms with van der Waals surface area (Å²) in [7, 11) is 0. The van der Waals surface area contributed by atoms with Gasteiger partial charge in [0.1, 0.15) is 22.3 Å². The van der Waals surface area contributed by atoms with E-state index in [-0.39, 0.29) is 0 Å². The molecule has 6 heteroatoms. The molecule has 0 saturated carbocycles. The summed E-state index contributed by atoms with van der Waals surface area (Å²) >= 11 is 0. The van der Waals surface area contributed by atoms with Crippen LogP contribution in [0.15, 0.2) is 209 Å². The van der Waals surface area contributed by atoms with Crippen LogP contribution in [0.1, 0.15) is 18.4 Å². The Bertz CT molecular complexity index is 3870. The lowest BCUT2D eigenvalue weighted by atomic mass is 9.84. The van der Waals surface area contributed by atoms with E-state index < -0.39 is 0 Å². The third-order valence-electron chi connectivity index (χ3n) is 13.0. The predicted molar refractivity (Wildman–Crippen MR) is 261 cm³/mol. The Morgan fingerprint density at radius 3 is 1.89 bits per heavy atom. The van der Waals surface area contributed by atoms with Gasteiger partial charge in [-0.05, 0) is 95.4 Å². The van der Waals surface area contributed by atoms with Gasteiger partial charge in [-0.3, -0.25) is 0 Å². The molecule has 0 radical (unpaired) electrons. The molecule has 0 fully saturated rings. The Morgan fingerprint density at radius 2 is 1.05 bits per heavy atom. The smallest absolute Gasteiger partial charge is 0.164 e. The number of aromatic nitrogens is 4. The van der Waals surface area contributed by atoms with Crippen molar-refractivity contribution in [3.8, 4) is 51.0 Å². The number of allylic oxidation sites excluding steroid dienone is 4. The van der Waals surface area contributed by atoms with Gasteiger partial charge in [-0.2, -0.15) is 0 Å². The first kappa shape index (κ1) is 36.3. The van der Waals surface area contributed by atoms with Crippen LogP contribution in [0.2, 0.25) is 0 Å². The van der Waals surface area contributed by atoms with Crippen molar-refractivity contribution < 1.29 is 8.83 Å². The lowest BCUT2D eigenvalue weighted by molar-refractivity contribution is 0.636. The molecule has 0 saturated heterocycles. The summed E-state index contributed by atoms with van der Waals surface area (Å²) in [6.07, 6.45) is 8.95.